The van der Waals surface area contributed by atoms with E-state index in [4.69, 9.17) is 17.0 Å². The Kier molecular flexibility index (Phi) is 8.32. The minimum Gasteiger partial charge on any atom is -0.497 e. The summed E-state index contributed by atoms with van der Waals surface area (Å²) in [6, 6.07) is 23.8. The number of hydrogen-bond acceptors (Lipinski definition) is 4. The average Bonchev–Trinajstić information content (AvgIpc) is 2.84. The Balaban J connectivity index is 1.67. The zero-order chi connectivity index (χ0) is 23.6. The van der Waals surface area contributed by atoms with Crippen molar-refractivity contribution in [3.8, 4) is 5.75 Å². The first-order valence-electron chi connectivity index (χ1n) is 10.4. The van der Waals surface area contributed by atoms with E-state index in [2.05, 4.69) is 10.6 Å². The topological polar surface area (TPSA) is 70.7 Å². The molecule has 0 heterocycles. The Morgan fingerprint density at radius 1 is 0.970 bits per heavy atom. The van der Waals surface area contributed by atoms with E-state index in [1.807, 2.05) is 61.5 Å². The third kappa shape index (κ3) is 6.51. The van der Waals surface area contributed by atoms with Crippen LogP contribution in [0.25, 0.3) is 6.08 Å². The fourth-order valence-electron chi connectivity index (χ4n) is 3.17. The summed E-state index contributed by atoms with van der Waals surface area (Å²) in [4.78, 5) is 27.2. The highest BCUT2D eigenvalue weighted by molar-refractivity contribution is 7.80. The zero-order valence-corrected chi connectivity index (χ0v) is 19.3. The van der Waals surface area contributed by atoms with Gasteiger partial charge in [0.15, 0.2) is 5.11 Å². The van der Waals surface area contributed by atoms with E-state index in [1.54, 1.807) is 42.4 Å². The van der Waals surface area contributed by atoms with Gasteiger partial charge in [-0.3, -0.25) is 14.9 Å². The fourth-order valence-corrected chi connectivity index (χ4v) is 3.38. The van der Waals surface area contributed by atoms with Gasteiger partial charge in [-0.15, -0.1) is 0 Å². The molecule has 3 aromatic carbocycles. The molecule has 0 spiro atoms. The molecule has 6 nitrogen and oxygen atoms in total. The minimum absolute atomic E-state index is 0.0994. The summed E-state index contributed by atoms with van der Waals surface area (Å²) in [6.07, 6.45) is 3.06. The van der Waals surface area contributed by atoms with E-state index in [1.165, 1.54) is 6.08 Å². The van der Waals surface area contributed by atoms with Gasteiger partial charge in [0.05, 0.1) is 18.4 Å². The Bertz CT molecular complexity index is 1140. The van der Waals surface area contributed by atoms with Gasteiger partial charge in [-0.1, -0.05) is 42.5 Å². The molecule has 0 atom stereocenters. The molecule has 0 aliphatic heterocycles. The number of carbonyl (C=O) groups excluding carboxylic acids is 2. The van der Waals surface area contributed by atoms with Gasteiger partial charge in [0, 0.05) is 18.3 Å². The standard InChI is InChI=1S/C26H25N3O3S/c1-3-29(20-9-5-4-6-10-20)25(31)22-11-7-8-12-23(22)27-26(33)28-24(30)18-15-19-13-16-21(32-2)17-14-19/h4-18H,3H2,1-2H3,(H2,27,28,30,33)/b18-15+. The van der Waals surface area contributed by atoms with Gasteiger partial charge in [0.1, 0.15) is 5.75 Å². The lowest BCUT2D eigenvalue weighted by Crippen LogP contribution is -2.35. The lowest BCUT2D eigenvalue weighted by atomic mass is 10.1. The monoisotopic (exact) mass is 459 g/mol. The van der Waals surface area contributed by atoms with E-state index >= 15 is 0 Å². The zero-order valence-electron chi connectivity index (χ0n) is 18.4. The predicted molar refractivity (Wildman–Crippen MR) is 137 cm³/mol. The third-order valence-electron chi connectivity index (χ3n) is 4.81. The molecule has 0 fully saturated rings. The highest BCUT2D eigenvalue weighted by atomic mass is 32.1. The molecular weight excluding hydrogens is 434 g/mol. The quantitative estimate of drug-likeness (QED) is 0.389. The van der Waals surface area contributed by atoms with Crippen molar-refractivity contribution in [2.24, 2.45) is 0 Å². The first-order valence-corrected chi connectivity index (χ1v) is 10.8. The van der Waals surface area contributed by atoms with Crippen LogP contribution < -0.4 is 20.3 Å². The normalized spacial score (nSPS) is 10.5. The highest BCUT2D eigenvalue weighted by Crippen LogP contribution is 2.22. The molecule has 3 rings (SSSR count). The van der Waals surface area contributed by atoms with Crippen LogP contribution in [-0.2, 0) is 4.79 Å². The van der Waals surface area contributed by atoms with Crippen molar-refractivity contribution in [2.75, 3.05) is 23.9 Å². The summed E-state index contributed by atoms with van der Waals surface area (Å²) in [5.74, 6) is 0.191. The number of amides is 2. The number of nitrogens with one attached hydrogen (secondary N) is 2. The molecule has 0 saturated heterocycles. The van der Waals surface area contributed by atoms with Crippen LogP contribution in [0, 0.1) is 0 Å². The molecular formula is C26H25N3O3S. The number of rotatable bonds is 7. The van der Waals surface area contributed by atoms with Crippen molar-refractivity contribution in [1.29, 1.82) is 0 Å². The molecule has 3 aromatic rings. The molecule has 0 aromatic heterocycles. The van der Waals surface area contributed by atoms with Crippen LogP contribution in [0.2, 0.25) is 0 Å². The van der Waals surface area contributed by atoms with Gasteiger partial charge in [-0.05, 0) is 67.2 Å². The summed E-state index contributed by atoms with van der Waals surface area (Å²) in [5.41, 5.74) is 2.62. The number of ether oxygens (including phenoxy) is 1. The van der Waals surface area contributed by atoms with Crippen LogP contribution >= 0.6 is 12.2 Å². The van der Waals surface area contributed by atoms with Crippen LogP contribution in [0.1, 0.15) is 22.8 Å². The van der Waals surface area contributed by atoms with Crippen LogP contribution in [0.15, 0.2) is 84.9 Å². The first kappa shape index (κ1) is 23.7. The molecule has 0 aliphatic carbocycles. The van der Waals surface area contributed by atoms with Crippen molar-refractivity contribution in [3.63, 3.8) is 0 Å². The molecule has 2 amide bonds. The van der Waals surface area contributed by atoms with Crippen LogP contribution in [0.4, 0.5) is 11.4 Å². The van der Waals surface area contributed by atoms with Gasteiger partial charge < -0.3 is 15.0 Å². The van der Waals surface area contributed by atoms with Crippen LogP contribution in [0.3, 0.4) is 0 Å². The smallest absolute Gasteiger partial charge is 0.260 e. The largest absolute Gasteiger partial charge is 0.497 e. The number of nitrogens with zero attached hydrogens (tertiary/aromatic N) is 1. The summed E-state index contributed by atoms with van der Waals surface area (Å²) in [6.45, 7) is 2.43. The van der Waals surface area contributed by atoms with Crippen molar-refractivity contribution in [1.82, 2.24) is 5.32 Å². The Morgan fingerprint density at radius 3 is 2.30 bits per heavy atom. The Hall–Kier alpha value is -3.97. The van der Waals surface area contributed by atoms with Crippen LogP contribution in [-0.4, -0.2) is 30.6 Å². The maximum Gasteiger partial charge on any atom is 0.260 e. The Morgan fingerprint density at radius 2 is 1.64 bits per heavy atom. The minimum atomic E-state index is -0.383. The summed E-state index contributed by atoms with van der Waals surface area (Å²) in [7, 11) is 1.60. The molecule has 0 saturated carbocycles. The van der Waals surface area contributed by atoms with E-state index in [-0.39, 0.29) is 16.9 Å². The Labute approximate surface area is 198 Å². The van der Waals surface area contributed by atoms with Crippen molar-refractivity contribution < 1.29 is 14.3 Å². The van der Waals surface area contributed by atoms with E-state index < -0.39 is 0 Å². The van der Waals surface area contributed by atoms with Gasteiger partial charge in [0.2, 0.25) is 5.91 Å². The molecule has 0 radical (unpaired) electrons. The lowest BCUT2D eigenvalue weighted by molar-refractivity contribution is -0.115. The number of thiocarbonyl (C=S) groups is 1. The predicted octanol–water partition coefficient (Wildman–Crippen LogP) is 4.89. The lowest BCUT2D eigenvalue weighted by Gasteiger charge is -2.22. The van der Waals surface area contributed by atoms with E-state index in [0.717, 1.165) is 17.0 Å². The maximum absolute atomic E-state index is 13.2. The average molecular weight is 460 g/mol. The molecule has 2 N–H and O–H groups in total. The van der Waals surface area contributed by atoms with Crippen molar-refractivity contribution in [2.45, 2.75) is 6.92 Å². The maximum atomic E-state index is 13.2. The van der Waals surface area contributed by atoms with E-state index in [9.17, 15) is 9.59 Å². The summed E-state index contributed by atoms with van der Waals surface area (Å²) >= 11 is 5.29. The number of methoxy groups -OCH3 is 1. The molecule has 0 aliphatic rings. The number of benzene rings is 3. The third-order valence-corrected chi connectivity index (χ3v) is 5.02. The van der Waals surface area contributed by atoms with Gasteiger partial charge in [0.25, 0.3) is 5.91 Å². The molecule has 0 bridgehead atoms. The summed E-state index contributed by atoms with van der Waals surface area (Å²) in [5, 5.41) is 5.67. The SMILES string of the molecule is CCN(C(=O)c1ccccc1NC(=S)NC(=O)/C=C/c1ccc(OC)cc1)c1ccccc1. The fraction of sp³-hybridized carbons (Fsp3) is 0.115. The number of para-hydroxylation sites is 2. The summed E-state index contributed by atoms with van der Waals surface area (Å²) < 4.78 is 5.12. The molecule has 168 valence electrons. The van der Waals surface area contributed by atoms with Gasteiger partial charge in [-0.25, -0.2) is 0 Å². The number of carbonyl (C=O) groups is 2. The molecule has 33 heavy (non-hydrogen) atoms. The number of hydrogen-bond donors (Lipinski definition) is 2. The van der Waals surface area contributed by atoms with Gasteiger partial charge >= 0.3 is 0 Å². The highest BCUT2D eigenvalue weighted by Gasteiger charge is 2.19. The van der Waals surface area contributed by atoms with E-state index in [0.29, 0.717) is 17.8 Å². The first-order chi connectivity index (χ1) is 16.0. The van der Waals surface area contributed by atoms with Crippen LogP contribution in [0.5, 0.6) is 5.75 Å². The van der Waals surface area contributed by atoms with Crippen molar-refractivity contribution >= 4 is 46.6 Å². The second-order valence-electron chi connectivity index (χ2n) is 6.98. The second kappa shape index (κ2) is 11.6. The molecule has 0 unspecified atom stereocenters. The van der Waals surface area contributed by atoms with Gasteiger partial charge in [-0.2, -0.15) is 0 Å². The number of anilines is 2. The molecule has 7 heteroatoms. The van der Waals surface area contributed by atoms with Crippen molar-refractivity contribution in [3.05, 3.63) is 96.1 Å². The second-order valence-corrected chi connectivity index (χ2v) is 7.39.